The standard InChI is InChI=1S/C36H27N3O5S2/c1-22-11-13-24(14-12-22)21-45-36-38-37-35(46-36)39-31(25-15-17-27(18-16-25)43-20-23-7-3-2-4-8-23)30(33(41)34(39)42)32(40)29-19-26-9-5-6-10-28(26)44-29/h2-19,41-42H,20-21H2,1H3. The summed E-state index contributed by atoms with van der Waals surface area (Å²) in [6, 6.07) is 34.1. The van der Waals surface area contributed by atoms with Crippen molar-refractivity contribution in [2.24, 2.45) is 0 Å². The number of ketones is 1. The van der Waals surface area contributed by atoms with Gasteiger partial charge in [0.05, 0.1) is 11.3 Å². The largest absolute Gasteiger partial charge is 0.503 e. The van der Waals surface area contributed by atoms with Gasteiger partial charge in [-0.2, -0.15) is 0 Å². The normalized spacial score (nSPS) is 11.2. The monoisotopic (exact) mass is 645 g/mol. The summed E-state index contributed by atoms with van der Waals surface area (Å²) in [5, 5.41) is 32.3. The first kappa shape index (κ1) is 29.4. The van der Waals surface area contributed by atoms with Gasteiger partial charge in [0.1, 0.15) is 17.9 Å². The van der Waals surface area contributed by atoms with Crippen LogP contribution in [0.5, 0.6) is 17.4 Å². The zero-order valence-corrected chi connectivity index (χ0v) is 26.2. The molecule has 7 rings (SSSR count). The highest BCUT2D eigenvalue weighted by molar-refractivity contribution is 8.00. The summed E-state index contributed by atoms with van der Waals surface area (Å²) in [6.07, 6.45) is 0. The van der Waals surface area contributed by atoms with E-state index >= 15 is 0 Å². The molecule has 7 aromatic rings. The minimum absolute atomic E-state index is 0.0318. The Morgan fingerprint density at radius 1 is 0.891 bits per heavy atom. The van der Waals surface area contributed by atoms with E-state index in [2.05, 4.69) is 34.5 Å². The maximum absolute atomic E-state index is 14.0. The summed E-state index contributed by atoms with van der Waals surface area (Å²) in [5.74, 6) is -0.343. The lowest BCUT2D eigenvalue weighted by Crippen LogP contribution is -2.04. The van der Waals surface area contributed by atoms with Crippen molar-refractivity contribution in [2.75, 3.05) is 0 Å². The van der Waals surface area contributed by atoms with Gasteiger partial charge < -0.3 is 19.4 Å². The highest BCUT2D eigenvalue weighted by Crippen LogP contribution is 2.45. The summed E-state index contributed by atoms with van der Waals surface area (Å²) in [6.45, 7) is 2.44. The summed E-state index contributed by atoms with van der Waals surface area (Å²) >= 11 is 2.76. The SMILES string of the molecule is Cc1ccc(CSc2nnc(-n3c(O)c(O)c(C(=O)c4cc5ccccc5o4)c3-c3ccc(OCc4ccccc4)cc3)s2)cc1. The van der Waals surface area contributed by atoms with Gasteiger partial charge in [-0.25, -0.2) is 0 Å². The fourth-order valence-electron chi connectivity index (χ4n) is 5.07. The number of carbonyl (C=O) groups is 1. The molecule has 228 valence electrons. The first-order chi connectivity index (χ1) is 22.4. The lowest BCUT2D eigenvalue weighted by molar-refractivity contribution is 0.101. The number of rotatable bonds is 10. The summed E-state index contributed by atoms with van der Waals surface area (Å²) in [4.78, 5) is 14.0. The lowest BCUT2D eigenvalue weighted by atomic mass is 10.0. The molecular formula is C36H27N3O5S2. The molecule has 0 atom stereocenters. The summed E-state index contributed by atoms with van der Waals surface area (Å²) in [5.41, 5.74) is 4.58. The number of hydrogen-bond donors (Lipinski definition) is 2. The molecule has 4 aromatic carbocycles. The first-order valence-electron chi connectivity index (χ1n) is 14.4. The van der Waals surface area contributed by atoms with Gasteiger partial charge in [-0.1, -0.05) is 101 Å². The number of carbonyl (C=O) groups excluding carboxylic acids is 1. The van der Waals surface area contributed by atoms with Crippen LogP contribution in [-0.4, -0.2) is 30.8 Å². The van der Waals surface area contributed by atoms with Crippen molar-refractivity contribution >= 4 is 39.9 Å². The minimum atomic E-state index is -0.583. The number of hydrogen-bond acceptors (Lipinski definition) is 9. The Bertz CT molecular complexity index is 2120. The second-order valence-corrected chi connectivity index (χ2v) is 12.8. The van der Waals surface area contributed by atoms with Gasteiger partial charge >= 0.3 is 0 Å². The number of fused-ring (bicyclic) bond motifs is 1. The van der Waals surface area contributed by atoms with Crippen molar-refractivity contribution in [1.82, 2.24) is 14.8 Å². The van der Waals surface area contributed by atoms with Gasteiger partial charge in [0.15, 0.2) is 15.8 Å². The van der Waals surface area contributed by atoms with Crippen molar-refractivity contribution in [2.45, 2.75) is 23.6 Å². The molecule has 2 N–H and O–H groups in total. The van der Waals surface area contributed by atoms with Crippen LogP contribution in [0.25, 0.3) is 27.4 Å². The molecular weight excluding hydrogens is 619 g/mol. The molecule has 0 bridgehead atoms. The number of nitrogens with zero attached hydrogens (tertiary/aromatic N) is 3. The van der Waals surface area contributed by atoms with E-state index in [1.807, 2.05) is 55.5 Å². The number of benzene rings is 4. The van der Waals surface area contributed by atoms with E-state index in [9.17, 15) is 15.0 Å². The summed E-state index contributed by atoms with van der Waals surface area (Å²) < 4.78 is 13.9. The number of furan rings is 1. The Hall–Kier alpha value is -5.32. The number of para-hydroxylation sites is 1. The van der Waals surface area contributed by atoms with Gasteiger partial charge in [-0.15, -0.1) is 10.2 Å². The number of aromatic hydroxyl groups is 2. The van der Waals surface area contributed by atoms with Gasteiger partial charge in [-0.05, 0) is 60.0 Å². The Morgan fingerprint density at radius 2 is 1.63 bits per heavy atom. The predicted molar refractivity (Wildman–Crippen MR) is 179 cm³/mol. The Morgan fingerprint density at radius 3 is 2.39 bits per heavy atom. The van der Waals surface area contributed by atoms with Crippen LogP contribution in [0, 0.1) is 6.92 Å². The van der Waals surface area contributed by atoms with Gasteiger partial charge in [0.2, 0.25) is 16.8 Å². The van der Waals surface area contributed by atoms with E-state index in [0.29, 0.717) is 38.7 Å². The maximum Gasteiger partial charge on any atom is 0.242 e. The van der Waals surface area contributed by atoms with E-state index < -0.39 is 17.4 Å². The zero-order valence-electron chi connectivity index (χ0n) is 24.6. The lowest BCUT2D eigenvalue weighted by Gasteiger charge is -2.10. The fourth-order valence-corrected chi connectivity index (χ4v) is 6.88. The van der Waals surface area contributed by atoms with E-state index in [1.54, 1.807) is 36.4 Å². The molecule has 0 unspecified atom stereocenters. The maximum atomic E-state index is 14.0. The average Bonchev–Trinajstić information content (AvgIpc) is 3.80. The molecule has 8 nitrogen and oxygen atoms in total. The predicted octanol–water partition coefficient (Wildman–Crippen LogP) is 8.56. The van der Waals surface area contributed by atoms with E-state index in [4.69, 9.17) is 9.15 Å². The number of ether oxygens (including phenoxy) is 1. The highest BCUT2D eigenvalue weighted by Gasteiger charge is 2.32. The van der Waals surface area contributed by atoms with Gasteiger partial charge in [0.25, 0.3) is 0 Å². The molecule has 0 aliphatic carbocycles. The van der Waals surface area contributed by atoms with Crippen LogP contribution in [0.15, 0.2) is 118 Å². The minimum Gasteiger partial charge on any atom is -0.503 e. The van der Waals surface area contributed by atoms with E-state index in [-0.39, 0.29) is 17.0 Å². The molecule has 3 aromatic heterocycles. The van der Waals surface area contributed by atoms with E-state index in [1.165, 1.54) is 33.2 Å². The fraction of sp³-hybridized carbons (Fsp3) is 0.0833. The Labute approximate surface area is 272 Å². The van der Waals surface area contributed by atoms with Crippen molar-refractivity contribution in [3.8, 4) is 33.8 Å². The van der Waals surface area contributed by atoms with Crippen molar-refractivity contribution in [3.05, 3.63) is 137 Å². The molecule has 0 aliphatic rings. The van der Waals surface area contributed by atoms with E-state index in [0.717, 1.165) is 16.5 Å². The second kappa shape index (κ2) is 12.6. The molecule has 0 saturated carbocycles. The van der Waals surface area contributed by atoms with Crippen LogP contribution in [0.2, 0.25) is 0 Å². The number of aromatic nitrogens is 3. The Kier molecular flexibility index (Phi) is 8.04. The number of aryl methyl sites for hydroxylation is 1. The molecule has 3 heterocycles. The smallest absolute Gasteiger partial charge is 0.242 e. The molecule has 0 aliphatic heterocycles. The average molecular weight is 646 g/mol. The first-order valence-corrected chi connectivity index (χ1v) is 16.2. The molecule has 0 saturated heterocycles. The quantitative estimate of drug-likeness (QED) is 0.112. The second-order valence-electron chi connectivity index (χ2n) is 10.6. The zero-order chi connectivity index (χ0) is 31.6. The topological polar surface area (TPSA) is 111 Å². The van der Waals surface area contributed by atoms with Crippen LogP contribution in [0.4, 0.5) is 0 Å². The van der Waals surface area contributed by atoms with Crippen molar-refractivity contribution < 1.29 is 24.2 Å². The van der Waals surface area contributed by atoms with Gasteiger partial charge in [-0.3, -0.25) is 9.36 Å². The molecule has 46 heavy (non-hydrogen) atoms. The van der Waals surface area contributed by atoms with Crippen molar-refractivity contribution in [1.29, 1.82) is 0 Å². The van der Waals surface area contributed by atoms with Gasteiger partial charge in [0, 0.05) is 11.1 Å². The van der Waals surface area contributed by atoms with Crippen LogP contribution in [0.3, 0.4) is 0 Å². The third-order valence-corrected chi connectivity index (χ3v) is 9.56. The molecule has 0 amide bonds. The summed E-state index contributed by atoms with van der Waals surface area (Å²) in [7, 11) is 0. The van der Waals surface area contributed by atoms with Crippen LogP contribution >= 0.6 is 23.1 Å². The molecule has 10 heteroatoms. The highest BCUT2D eigenvalue weighted by atomic mass is 32.2. The van der Waals surface area contributed by atoms with Crippen molar-refractivity contribution in [3.63, 3.8) is 0 Å². The molecule has 0 fully saturated rings. The molecule has 0 radical (unpaired) electrons. The van der Waals surface area contributed by atoms with Crippen LogP contribution in [-0.2, 0) is 12.4 Å². The number of thioether (sulfide) groups is 1. The molecule has 0 spiro atoms. The third kappa shape index (κ3) is 5.88. The Balaban J connectivity index is 1.26. The third-order valence-electron chi connectivity index (χ3n) is 7.44. The van der Waals surface area contributed by atoms with Crippen LogP contribution < -0.4 is 4.74 Å². The van der Waals surface area contributed by atoms with Crippen LogP contribution in [0.1, 0.15) is 32.8 Å².